The van der Waals surface area contributed by atoms with E-state index in [-0.39, 0.29) is 44.1 Å². The van der Waals surface area contributed by atoms with Gasteiger partial charge in [0.15, 0.2) is 0 Å². The molecule has 0 atom stereocenters. The van der Waals surface area contributed by atoms with Gasteiger partial charge in [0.25, 0.3) is 0 Å². The van der Waals surface area contributed by atoms with Crippen molar-refractivity contribution < 1.29 is 27.5 Å². The van der Waals surface area contributed by atoms with Gasteiger partial charge in [-0.1, -0.05) is 194 Å². The van der Waals surface area contributed by atoms with Gasteiger partial charge in [-0.05, 0) is 104 Å². The predicted octanol–water partition coefficient (Wildman–Crippen LogP) is 16.6. The Morgan fingerprint density at radius 1 is 0.576 bits per heavy atom. The van der Waals surface area contributed by atoms with Crippen molar-refractivity contribution in [3.8, 4) is 78.6 Å². The molecule has 0 amide bonds. The number of para-hydroxylation sites is 1. The second kappa shape index (κ2) is 18.9. The van der Waals surface area contributed by atoms with Crippen molar-refractivity contribution in [2.24, 2.45) is 0 Å². The van der Waals surface area contributed by atoms with Crippen LogP contribution in [0, 0.1) is 6.07 Å². The summed E-state index contributed by atoms with van der Waals surface area (Å²) in [6, 6.07) is 59.1. The minimum Gasteiger partial charge on any atom is -0.507 e. The largest absolute Gasteiger partial charge is 0.507 e. The number of pyridine rings is 1. The predicted molar refractivity (Wildman–Crippen MR) is 273 cm³/mol. The van der Waals surface area contributed by atoms with Crippen molar-refractivity contribution in [1.82, 2.24) is 14.5 Å². The van der Waals surface area contributed by atoms with Gasteiger partial charge in [0, 0.05) is 34.3 Å². The van der Waals surface area contributed by atoms with Gasteiger partial charge in [-0.2, -0.15) is 0 Å². The number of nitrogens with zero attached hydrogens (tertiary/aromatic N) is 3. The Bertz CT molecular complexity index is 3210. The number of aromatic hydroxyl groups is 1. The summed E-state index contributed by atoms with van der Waals surface area (Å²) in [5.74, 6) is 0.602. The van der Waals surface area contributed by atoms with Crippen LogP contribution in [0.2, 0.25) is 0 Å². The topological polar surface area (TPSA) is 50.9 Å². The Kier molecular flexibility index (Phi) is 12.8. The van der Waals surface area contributed by atoms with E-state index in [2.05, 4.69) is 193 Å². The average molecular weight is 1050 g/mol. The fourth-order valence-corrected chi connectivity index (χ4v) is 8.91. The van der Waals surface area contributed by atoms with E-state index in [4.69, 9.17) is 11.3 Å². The zero-order valence-corrected chi connectivity index (χ0v) is 41.6. The first-order valence-corrected chi connectivity index (χ1v) is 22.8. The molecule has 2 heterocycles. The Morgan fingerprint density at radius 2 is 1.20 bits per heavy atom. The molecule has 4 nitrogen and oxygen atoms in total. The Hall–Kier alpha value is -6.35. The van der Waals surface area contributed by atoms with Gasteiger partial charge in [0.2, 0.25) is 0 Å². The molecule has 0 aliphatic heterocycles. The summed E-state index contributed by atoms with van der Waals surface area (Å²) in [4.78, 5) is 10.6. The van der Waals surface area contributed by atoms with Gasteiger partial charge in [0.05, 0.1) is 22.3 Å². The monoisotopic (exact) mass is 1040 g/mol. The quantitative estimate of drug-likeness (QED) is 0.139. The van der Waals surface area contributed by atoms with Gasteiger partial charge < -0.3 is 5.11 Å². The third-order valence-electron chi connectivity index (χ3n) is 12.6. The van der Waals surface area contributed by atoms with Crippen LogP contribution >= 0.6 is 0 Å². The molecule has 0 spiro atoms. The molecule has 0 fully saturated rings. The number of rotatable bonds is 10. The van der Waals surface area contributed by atoms with E-state index < -0.39 is 5.89 Å². The third kappa shape index (κ3) is 9.09. The molecule has 7 aromatic carbocycles. The molecule has 0 saturated carbocycles. The molecule has 0 aliphatic carbocycles. The van der Waals surface area contributed by atoms with Crippen LogP contribution in [-0.4, -0.2) is 19.6 Å². The van der Waals surface area contributed by atoms with Crippen LogP contribution in [0.4, 0.5) is 0 Å². The summed E-state index contributed by atoms with van der Waals surface area (Å²) in [6.45, 7) is 19.3. The van der Waals surface area contributed by atoms with E-state index in [1.165, 1.54) is 5.56 Å². The fourth-order valence-electron chi connectivity index (χ4n) is 8.91. The van der Waals surface area contributed by atoms with E-state index in [0.29, 0.717) is 11.4 Å². The molecule has 0 aliphatic rings. The van der Waals surface area contributed by atoms with Gasteiger partial charge in [-0.3, -0.25) is 9.55 Å². The van der Waals surface area contributed by atoms with Crippen LogP contribution in [0.15, 0.2) is 164 Å². The molecule has 0 unspecified atom stereocenters. The molecule has 5 heteroatoms. The summed E-state index contributed by atoms with van der Waals surface area (Å²) in [6.07, 6.45) is 1.86. The second-order valence-corrected chi connectivity index (χ2v) is 19.2. The molecular formula is C61H58N3OPt-. The summed E-state index contributed by atoms with van der Waals surface area (Å²) >= 11 is 0. The molecule has 0 saturated heterocycles. The zero-order chi connectivity index (χ0) is 46.5. The Morgan fingerprint density at radius 3 is 1.83 bits per heavy atom. The first-order chi connectivity index (χ1) is 31.5. The van der Waals surface area contributed by atoms with Gasteiger partial charge in [0.1, 0.15) is 11.6 Å². The number of benzene rings is 7. The molecule has 9 aromatic rings. The normalized spacial score (nSPS) is 12.1. The number of phenols is 1. The molecular weight excluding hydrogens is 986 g/mol. The number of hydrogen-bond acceptors (Lipinski definition) is 3. The zero-order valence-electron chi connectivity index (χ0n) is 40.3. The van der Waals surface area contributed by atoms with E-state index in [9.17, 15) is 5.11 Å². The summed E-state index contributed by atoms with van der Waals surface area (Å²) in [7, 11) is 0. The van der Waals surface area contributed by atoms with Crippen molar-refractivity contribution in [3.05, 3.63) is 192 Å². The third-order valence-corrected chi connectivity index (χ3v) is 12.6. The fraction of sp³-hybridized carbons (Fsp3) is 0.213. The Balaban J connectivity index is 0.00000608. The van der Waals surface area contributed by atoms with Crippen LogP contribution in [0.25, 0.3) is 83.9 Å². The van der Waals surface area contributed by atoms with Crippen LogP contribution in [0.5, 0.6) is 5.75 Å². The maximum Gasteiger partial charge on any atom is 0.148 e. The Labute approximate surface area is 407 Å². The minimum absolute atomic E-state index is 0. The van der Waals surface area contributed by atoms with Gasteiger partial charge in [-0.25, -0.2) is 4.98 Å². The molecule has 1 N–H and O–H groups in total. The maximum atomic E-state index is 12.3. The van der Waals surface area contributed by atoms with Gasteiger partial charge in [-0.15, -0.1) is 23.8 Å². The summed E-state index contributed by atoms with van der Waals surface area (Å²) < 4.78 is 10.8. The smallest absolute Gasteiger partial charge is 0.148 e. The van der Waals surface area contributed by atoms with Crippen molar-refractivity contribution in [3.63, 3.8) is 0 Å². The second-order valence-electron chi connectivity index (χ2n) is 19.2. The molecule has 0 bridgehead atoms. The number of imidazole rings is 1. The van der Waals surface area contributed by atoms with Crippen molar-refractivity contribution in [1.29, 1.82) is 0 Å². The first-order valence-electron chi connectivity index (χ1n) is 23.3. The van der Waals surface area contributed by atoms with Crippen LogP contribution in [-0.2, 0) is 26.5 Å². The SMILES string of the molecule is [2H]C(C)(C)c1ccc(-c2ccnc(-c3[c-]c(-c4cccc5c4nc(-c4cc(C(C)C)cc(C(C)C)c4O)n5-c4ccc(-c5ccccc5)cc4C(C)(C)C)cc(-c4ccccc4)c3)c2)cc1.[Pt]. The van der Waals surface area contributed by atoms with Crippen molar-refractivity contribution in [2.75, 3.05) is 0 Å². The number of hydrogen-bond donors (Lipinski definition) is 1. The number of aromatic nitrogens is 3. The first kappa shape index (κ1) is 44.8. The van der Waals surface area contributed by atoms with Gasteiger partial charge >= 0.3 is 0 Å². The van der Waals surface area contributed by atoms with Crippen LogP contribution in [0.3, 0.4) is 0 Å². The van der Waals surface area contributed by atoms with E-state index in [1.807, 2.05) is 44.3 Å². The van der Waals surface area contributed by atoms with E-state index >= 15 is 0 Å². The number of fused-ring (bicyclic) bond motifs is 1. The van der Waals surface area contributed by atoms with E-state index in [0.717, 1.165) is 89.2 Å². The van der Waals surface area contributed by atoms with Crippen LogP contribution < -0.4 is 0 Å². The molecule has 66 heavy (non-hydrogen) atoms. The number of phenolic OH excluding ortho intramolecular Hbond substituents is 1. The van der Waals surface area contributed by atoms with Crippen molar-refractivity contribution in [2.45, 2.75) is 85.5 Å². The molecule has 9 rings (SSSR count). The maximum absolute atomic E-state index is 12.3. The summed E-state index contributed by atoms with van der Waals surface area (Å²) in [5.41, 5.74) is 17.4. The minimum atomic E-state index is -0.679. The molecule has 0 radical (unpaired) electrons. The molecule has 334 valence electrons. The van der Waals surface area contributed by atoms with Crippen molar-refractivity contribution >= 4 is 11.0 Å². The average Bonchev–Trinajstić information content (AvgIpc) is 3.70. The van der Waals surface area contributed by atoms with Crippen LogP contribution in [0.1, 0.15) is 104 Å². The molecule has 2 aromatic heterocycles. The standard InChI is InChI=1S/C61H58N3O.Pt/c1-38(2)41-23-25-44(26-24-41)46-29-30-62-55(37-46)50-32-48(43-19-14-11-15-20-43)31-49(33-50)51-21-16-22-57-58(51)63-60(53-35-47(39(3)4)34-52(40(5)6)59(53)65)64(57)56-28-27-45(36-54(56)61(7,8)9)42-17-12-10-13-18-42;/h10-32,34-40,65H,1-9H3;/q-1;/i38D;. The summed E-state index contributed by atoms with van der Waals surface area (Å²) in [5, 5.41) is 12.3. The van der Waals surface area contributed by atoms with E-state index in [1.54, 1.807) is 0 Å².